The fraction of sp³-hybridized carbons (Fsp3) is 0.455. The summed E-state index contributed by atoms with van der Waals surface area (Å²) in [6.07, 6.45) is 8.15. The molecule has 0 radical (unpaired) electrons. The van der Waals surface area contributed by atoms with E-state index in [-0.39, 0.29) is 12.3 Å². The second kappa shape index (κ2) is 11.5. The van der Waals surface area contributed by atoms with Crippen LogP contribution in [0.2, 0.25) is 0 Å². The molecule has 0 aliphatic heterocycles. The fourth-order valence-electron chi connectivity index (χ4n) is 3.62. The maximum Gasteiger partial charge on any atom is 0.321 e. The van der Waals surface area contributed by atoms with Gasteiger partial charge in [0.25, 0.3) is 0 Å². The van der Waals surface area contributed by atoms with E-state index in [1.54, 1.807) is 0 Å². The molecule has 1 aliphatic rings. The van der Waals surface area contributed by atoms with Crippen molar-refractivity contribution in [3.8, 4) is 0 Å². The SMILES string of the molecule is C=CCn1c(SCCC(=O)NC(=O)NCc2ccccc2)nnc1C1CCCCC1. The molecule has 160 valence electrons. The lowest BCUT2D eigenvalue weighted by Gasteiger charge is -2.21. The Hall–Kier alpha value is -2.61. The molecule has 0 bridgehead atoms. The van der Waals surface area contributed by atoms with E-state index < -0.39 is 6.03 Å². The van der Waals surface area contributed by atoms with Gasteiger partial charge in [-0.3, -0.25) is 10.1 Å². The number of imide groups is 1. The number of benzene rings is 1. The minimum absolute atomic E-state index is 0.225. The molecule has 1 heterocycles. The Morgan fingerprint density at radius 1 is 1.17 bits per heavy atom. The molecule has 1 saturated carbocycles. The van der Waals surface area contributed by atoms with E-state index in [4.69, 9.17) is 0 Å². The van der Waals surface area contributed by atoms with Gasteiger partial charge in [-0.2, -0.15) is 0 Å². The van der Waals surface area contributed by atoms with Crippen LogP contribution in [0.4, 0.5) is 4.79 Å². The zero-order valence-corrected chi connectivity index (χ0v) is 18.0. The molecule has 1 aromatic heterocycles. The van der Waals surface area contributed by atoms with Gasteiger partial charge >= 0.3 is 6.03 Å². The first-order chi connectivity index (χ1) is 14.7. The molecule has 2 aromatic rings. The van der Waals surface area contributed by atoms with Crippen LogP contribution in [0.15, 0.2) is 48.1 Å². The molecule has 1 aliphatic carbocycles. The Labute approximate surface area is 181 Å². The average Bonchev–Trinajstić information content (AvgIpc) is 3.16. The summed E-state index contributed by atoms with van der Waals surface area (Å²) in [6, 6.07) is 9.07. The molecule has 0 spiro atoms. The smallest absolute Gasteiger partial charge is 0.321 e. The minimum Gasteiger partial charge on any atom is -0.334 e. The van der Waals surface area contributed by atoms with E-state index in [2.05, 4.69) is 32.0 Å². The molecule has 3 amide bonds. The summed E-state index contributed by atoms with van der Waals surface area (Å²) in [5, 5.41) is 14.6. The highest BCUT2D eigenvalue weighted by molar-refractivity contribution is 7.99. The zero-order valence-electron chi connectivity index (χ0n) is 17.2. The standard InChI is InChI=1S/C22H29N5O2S/c1-2-14-27-20(18-11-7-4-8-12-18)25-26-22(27)30-15-13-19(28)24-21(29)23-16-17-9-5-3-6-10-17/h2-3,5-6,9-10,18H,1,4,7-8,11-16H2,(H2,23,24,28,29). The van der Waals surface area contributed by atoms with Crippen LogP contribution in [0.25, 0.3) is 0 Å². The summed E-state index contributed by atoms with van der Waals surface area (Å²) in [5.41, 5.74) is 0.978. The first-order valence-electron chi connectivity index (χ1n) is 10.5. The summed E-state index contributed by atoms with van der Waals surface area (Å²) in [6.45, 7) is 4.89. The molecule has 7 nitrogen and oxygen atoms in total. The summed E-state index contributed by atoms with van der Waals surface area (Å²) in [5.74, 6) is 1.70. The second-order valence-electron chi connectivity index (χ2n) is 7.39. The van der Waals surface area contributed by atoms with Crippen LogP contribution < -0.4 is 10.6 Å². The number of hydrogen-bond donors (Lipinski definition) is 2. The van der Waals surface area contributed by atoms with E-state index in [0.29, 0.717) is 24.8 Å². The van der Waals surface area contributed by atoms with Crippen LogP contribution in [0.1, 0.15) is 55.8 Å². The third-order valence-electron chi connectivity index (χ3n) is 5.14. The molecule has 0 saturated heterocycles. The largest absolute Gasteiger partial charge is 0.334 e. The molecule has 8 heteroatoms. The lowest BCUT2D eigenvalue weighted by atomic mass is 9.89. The number of hydrogen-bond acceptors (Lipinski definition) is 5. The highest BCUT2D eigenvalue weighted by atomic mass is 32.2. The quantitative estimate of drug-likeness (QED) is 0.466. The number of thioether (sulfide) groups is 1. The highest BCUT2D eigenvalue weighted by Crippen LogP contribution is 2.33. The first-order valence-corrected chi connectivity index (χ1v) is 11.4. The van der Waals surface area contributed by atoms with Crippen LogP contribution in [0.5, 0.6) is 0 Å². The number of rotatable bonds is 9. The lowest BCUT2D eigenvalue weighted by molar-refractivity contribution is -0.119. The summed E-state index contributed by atoms with van der Waals surface area (Å²) in [4.78, 5) is 24.0. The highest BCUT2D eigenvalue weighted by Gasteiger charge is 2.23. The van der Waals surface area contributed by atoms with Crippen molar-refractivity contribution >= 4 is 23.7 Å². The van der Waals surface area contributed by atoms with Crippen LogP contribution in [-0.4, -0.2) is 32.5 Å². The molecule has 0 atom stereocenters. The van der Waals surface area contributed by atoms with E-state index >= 15 is 0 Å². The summed E-state index contributed by atoms with van der Waals surface area (Å²) < 4.78 is 2.11. The van der Waals surface area contributed by atoms with Crippen LogP contribution in [-0.2, 0) is 17.9 Å². The van der Waals surface area contributed by atoms with Gasteiger partial charge in [0.1, 0.15) is 5.82 Å². The first kappa shape index (κ1) is 22.1. The Balaban J connectivity index is 1.44. The Morgan fingerprint density at radius 2 is 1.93 bits per heavy atom. The van der Waals surface area contributed by atoms with Gasteiger partial charge in [0.2, 0.25) is 5.91 Å². The van der Waals surface area contributed by atoms with Gasteiger partial charge in [-0.15, -0.1) is 16.8 Å². The Bertz CT molecular complexity index is 846. The molecule has 3 rings (SSSR count). The summed E-state index contributed by atoms with van der Waals surface area (Å²) in [7, 11) is 0. The van der Waals surface area contributed by atoms with Crippen LogP contribution >= 0.6 is 11.8 Å². The molecule has 1 fully saturated rings. The van der Waals surface area contributed by atoms with Gasteiger partial charge < -0.3 is 9.88 Å². The van der Waals surface area contributed by atoms with Crippen molar-refractivity contribution in [3.63, 3.8) is 0 Å². The number of amides is 3. The van der Waals surface area contributed by atoms with Crippen molar-refractivity contribution in [3.05, 3.63) is 54.4 Å². The number of allylic oxidation sites excluding steroid dienone is 1. The van der Waals surface area contributed by atoms with Gasteiger partial charge in [0.15, 0.2) is 5.16 Å². The number of carbonyl (C=O) groups excluding carboxylic acids is 2. The molecule has 30 heavy (non-hydrogen) atoms. The monoisotopic (exact) mass is 427 g/mol. The average molecular weight is 428 g/mol. The van der Waals surface area contributed by atoms with Gasteiger partial charge in [0.05, 0.1) is 0 Å². The fourth-order valence-corrected chi connectivity index (χ4v) is 4.51. The molecular formula is C22H29N5O2S. The Kier molecular flexibility index (Phi) is 8.50. The molecular weight excluding hydrogens is 398 g/mol. The predicted octanol–water partition coefficient (Wildman–Crippen LogP) is 4.02. The van der Waals surface area contributed by atoms with E-state index in [0.717, 1.165) is 29.4 Å². The van der Waals surface area contributed by atoms with Crippen LogP contribution in [0.3, 0.4) is 0 Å². The van der Waals surface area contributed by atoms with Crippen molar-refractivity contribution in [1.29, 1.82) is 0 Å². The normalized spacial score (nSPS) is 14.3. The summed E-state index contributed by atoms with van der Waals surface area (Å²) >= 11 is 1.49. The van der Waals surface area contributed by atoms with Crippen molar-refractivity contribution in [2.45, 2.75) is 62.7 Å². The van der Waals surface area contributed by atoms with Crippen molar-refractivity contribution in [2.75, 3.05) is 5.75 Å². The topological polar surface area (TPSA) is 88.9 Å². The van der Waals surface area contributed by atoms with E-state index in [1.165, 1.54) is 31.0 Å². The number of urea groups is 1. The molecule has 1 aromatic carbocycles. The maximum absolute atomic E-state index is 12.1. The number of aromatic nitrogens is 3. The molecule has 0 unspecified atom stereocenters. The second-order valence-corrected chi connectivity index (χ2v) is 8.45. The van der Waals surface area contributed by atoms with Crippen molar-refractivity contribution in [1.82, 2.24) is 25.4 Å². The number of nitrogens with zero attached hydrogens (tertiary/aromatic N) is 3. The van der Waals surface area contributed by atoms with Crippen molar-refractivity contribution < 1.29 is 9.59 Å². The predicted molar refractivity (Wildman–Crippen MR) is 118 cm³/mol. The van der Waals surface area contributed by atoms with Gasteiger partial charge in [-0.25, -0.2) is 4.79 Å². The molecule has 2 N–H and O–H groups in total. The maximum atomic E-state index is 12.1. The minimum atomic E-state index is -0.483. The number of carbonyl (C=O) groups is 2. The third kappa shape index (κ3) is 6.45. The van der Waals surface area contributed by atoms with E-state index in [1.807, 2.05) is 36.4 Å². The van der Waals surface area contributed by atoms with E-state index in [9.17, 15) is 9.59 Å². The third-order valence-corrected chi connectivity index (χ3v) is 6.11. The lowest BCUT2D eigenvalue weighted by Crippen LogP contribution is -2.39. The number of nitrogens with one attached hydrogen (secondary N) is 2. The van der Waals surface area contributed by atoms with Gasteiger partial charge in [-0.1, -0.05) is 67.4 Å². The zero-order chi connectivity index (χ0) is 21.2. The van der Waals surface area contributed by atoms with Crippen LogP contribution in [0, 0.1) is 0 Å². The Morgan fingerprint density at radius 3 is 2.67 bits per heavy atom. The van der Waals surface area contributed by atoms with Crippen molar-refractivity contribution in [2.24, 2.45) is 0 Å². The van der Waals surface area contributed by atoms with Gasteiger partial charge in [0, 0.05) is 31.2 Å². The van der Waals surface area contributed by atoms with Gasteiger partial charge in [-0.05, 0) is 18.4 Å².